The minimum absolute atomic E-state index is 0.109. The van der Waals surface area contributed by atoms with E-state index in [4.69, 9.17) is 10.5 Å². The first-order chi connectivity index (χ1) is 8.10. The molecule has 0 amide bonds. The minimum atomic E-state index is -0.499. The number of rotatable bonds is 3. The number of nitrogens with two attached hydrogens (primary N) is 1. The molecule has 0 saturated carbocycles. The average Bonchev–Trinajstić information content (AvgIpc) is 2.65. The van der Waals surface area contributed by atoms with Gasteiger partial charge in [-0.25, -0.2) is 0 Å². The van der Waals surface area contributed by atoms with Crippen molar-refractivity contribution in [2.24, 2.45) is 0 Å². The topological polar surface area (TPSA) is 96.2 Å². The van der Waals surface area contributed by atoms with E-state index in [1.807, 2.05) is 6.92 Å². The van der Waals surface area contributed by atoms with Gasteiger partial charge in [0.15, 0.2) is 5.82 Å². The van der Waals surface area contributed by atoms with E-state index in [9.17, 15) is 10.1 Å². The second-order valence-corrected chi connectivity index (χ2v) is 3.47. The van der Waals surface area contributed by atoms with Crippen LogP contribution in [0.2, 0.25) is 0 Å². The summed E-state index contributed by atoms with van der Waals surface area (Å²) in [6.45, 7) is 2.55. The third kappa shape index (κ3) is 1.55. The number of hydrogen-bond acceptors (Lipinski definition) is 5. The highest BCUT2D eigenvalue weighted by Gasteiger charge is 2.22. The molecular weight excluding hydrogens is 224 g/mol. The van der Waals surface area contributed by atoms with Crippen molar-refractivity contribution < 1.29 is 9.66 Å². The number of nitro groups is 1. The van der Waals surface area contributed by atoms with Gasteiger partial charge >= 0.3 is 5.69 Å². The Hall–Kier alpha value is -2.31. The van der Waals surface area contributed by atoms with Crippen LogP contribution in [0.3, 0.4) is 0 Å². The van der Waals surface area contributed by atoms with E-state index < -0.39 is 4.92 Å². The van der Waals surface area contributed by atoms with Crippen LogP contribution in [0.5, 0.6) is 5.75 Å². The largest absolute Gasteiger partial charge is 0.490 e. The van der Waals surface area contributed by atoms with Gasteiger partial charge in [-0.3, -0.25) is 14.8 Å². The number of aryl methyl sites for hydroxylation is 1. The molecule has 0 saturated heterocycles. The molecule has 2 aromatic rings. The normalized spacial score (nSPS) is 10.7. The Labute approximate surface area is 96.9 Å². The Kier molecular flexibility index (Phi) is 2.58. The van der Waals surface area contributed by atoms with Crippen LogP contribution in [0.1, 0.15) is 6.92 Å². The predicted octanol–water partition coefficient (Wildman–Crippen LogP) is 1.56. The maximum Gasteiger partial charge on any atom is 0.311 e. The fourth-order valence-corrected chi connectivity index (χ4v) is 1.85. The monoisotopic (exact) mass is 236 g/mol. The Bertz CT molecular complexity index is 591. The van der Waals surface area contributed by atoms with Gasteiger partial charge in [0.05, 0.1) is 22.9 Å². The number of nitrogen functional groups attached to an aromatic ring is 1. The molecule has 0 unspecified atom stereocenters. The van der Waals surface area contributed by atoms with Crippen molar-refractivity contribution >= 4 is 22.4 Å². The molecule has 2 N–H and O–H groups in total. The van der Waals surface area contributed by atoms with Gasteiger partial charge in [0.25, 0.3) is 0 Å². The van der Waals surface area contributed by atoms with Crippen molar-refractivity contribution in [3.05, 3.63) is 22.2 Å². The number of ether oxygens (including phenoxy) is 1. The highest BCUT2D eigenvalue weighted by atomic mass is 16.6. The van der Waals surface area contributed by atoms with Crippen LogP contribution in [0.25, 0.3) is 10.9 Å². The molecular formula is C10H12N4O3. The van der Waals surface area contributed by atoms with Gasteiger partial charge in [0.1, 0.15) is 0 Å². The van der Waals surface area contributed by atoms with Crippen LogP contribution in [0, 0.1) is 10.1 Å². The number of nitrogens with zero attached hydrogens (tertiary/aromatic N) is 3. The zero-order valence-electron chi connectivity index (χ0n) is 9.51. The van der Waals surface area contributed by atoms with Crippen molar-refractivity contribution in [1.82, 2.24) is 9.78 Å². The summed E-state index contributed by atoms with van der Waals surface area (Å²) in [5.74, 6) is 0.395. The second kappa shape index (κ2) is 3.93. The van der Waals surface area contributed by atoms with Gasteiger partial charge in [-0.05, 0) is 13.0 Å². The first-order valence-corrected chi connectivity index (χ1v) is 5.07. The Morgan fingerprint density at radius 2 is 2.29 bits per heavy atom. The molecule has 0 fully saturated rings. The molecule has 90 valence electrons. The van der Waals surface area contributed by atoms with Crippen LogP contribution in [-0.2, 0) is 6.54 Å². The lowest BCUT2D eigenvalue weighted by molar-refractivity contribution is -0.385. The number of fused-ring (bicyclic) bond motifs is 1. The molecule has 1 aromatic heterocycles. The van der Waals surface area contributed by atoms with Crippen molar-refractivity contribution in [2.75, 3.05) is 12.8 Å². The summed E-state index contributed by atoms with van der Waals surface area (Å²) >= 11 is 0. The molecule has 0 bridgehead atoms. The van der Waals surface area contributed by atoms with Crippen molar-refractivity contribution in [3.8, 4) is 5.75 Å². The zero-order chi connectivity index (χ0) is 12.6. The Morgan fingerprint density at radius 3 is 2.82 bits per heavy atom. The van der Waals surface area contributed by atoms with Gasteiger partial charge in [0, 0.05) is 12.6 Å². The van der Waals surface area contributed by atoms with Crippen molar-refractivity contribution in [3.63, 3.8) is 0 Å². The van der Waals surface area contributed by atoms with Crippen molar-refractivity contribution in [1.29, 1.82) is 0 Å². The number of nitro benzene ring substituents is 1. The van der Waals surface area contributed by atoms with Gasteiger partial charge in [-0.15, -0.1) is 0 Å². The van der Waals surface area contributed by atoms with Crippen LogP contribution in [-0.4, -0.2) is 21.8 Å². The fourth-order valence-electron chi connectivity index (χ4n) is 1.85. The first kappa shape index (κ1) is 11.2. The molecule has 0 spiro atoms. The third-order valence-electron chi connectivity index (χ3n) is 2.58. The molecule has 0 aliphatic rings. The second-order valence-electron chi connectivity index (χ2n) is 3.47. The fraction of sp³-hybridized carbons (Fsp3) is 0.300. The van der Waals surface area contributed by atoms with E-state index in [-0.39, 0.29) is 17.3 Å². The van der Waals surface area contributed by atoms with Crippen LogP contribution >= 0.6 is 0 Å². The molecule has 7 heteroatoms. The van der Waals surface area contributed by atoms with Gasteiger partial charge < -0.3 is 10.5 Å². The van der Waals surface area contributed by atoms with E-state index in [0.29, 0.717) is 11.9 Å². The lowest BCUT2D eigenvalue weighted by atomic mass is 10.2. The van der Waals surface area contributed by atoms with E-state index >= 15 is 0 Å². The molecule has 1 heterocycles. The molecule has 17 heavy (non-hydrogen) atoms. The summed E-state index contributed by atoms with van der Waals surface area (Å²) in [4.78, 5) is 10.4. The minimum Gasteiger partial charge on any atom is -0.490 e. The maximum atomic E-state index is 10.9. The smallest absolute Gasteiger partial charge is 0.311 e. The molecule has 0 atom stereocenters. The first-order valence-electron chi connectivity index (χ1n) is 5.07. The van der Waals surface area contributed by atoms with Gasteiger partial charge in [-0.1, -0.05) is 0 Å². The number of aromatic nitrogens is 2. The summed E-state index contributed by atoms with van der Waals surface area (Å²) in [6, 6.07) is 3.03. The molecule has 7 nitrogen and oxygen atoms in total. The molecule has 2 rings (SSSR count). The molecule has 0 radical (unpaired) electrons. The maximum absolute atomic E-state index is 10.9. The number of anilines is 1. The third-order valence-corrected chi connectivity index (χ3v) is 2.58. The lowest BCUT2D eigenvalue weighted by Crippen LogP contribution is -1.97. The van der Waals surface area contributed by atoms with E-state index in [2.05, 4.69) is 5.10 Å². The van der Waals surface area contributed by atoms with E-state index in [0.717, 1.165) is 5.52 Å². The Balaban J connectivity index is 2.86. The average molecular weight is 236 g/mol. The highest BCUT2D eigenvalue weighted by molar-refractivity contribution is 5.97. The summed E-state index contributed by atoms with van der Waals surface area (Å²) in [6.07, 6.45) is 0. The Morgan fingerprint density at radius 1 is 1.59 bits per heavy atom. The quantitative estimate of drug-likeness (QED) is 0.644. The summed E-state index contributed by atoms with van der Waals surface area (Å²) in [5.41, 5.74) is 6.38. The summed E-state index contributed by atoms with van der Waals surface area (Å²) < 4.78 is 6.76. The molecule has 0 aliphatic heterocycles. The predicted molar refractivity (Wildman–Crippen MR) is 63.0 cm³/mol. The van der Waals surface area contributed by atoms with Crippen LogP contribution < -0.4 is 10.5 Å². The summed E-state index contributed by atoms with van der Waals surface area (Å²) in [7, 11) is 1.38. The summed E-state index contributed by atoms with van der Waals surface area (Å²) in [5, 5.41) is 15.5. The number of methoxy groups -OCH3 is 1. The van der Waals surface area contributed by atoms with Crippen molar-refractivity contribution in [2.45, 2.75) is 13.5 Å². The highest BCUT2D eigenvalue weighted by Crippen LogP contribution is 2.38. The van der Waals surface area contributed by atoms with Gasteiger partial charge in [-0.2, -0.15) is 5.10 Å². The lowest BCUT2D eigenvalue weighted by Gasteiger charge is -2.04. The standard InChI is InChI=1S/C10H12N4O3/c1-3-13-6-4-5-7(14(15)16)9(17-2)8(6)10(11)12-13/h4-5H,3H2,1-2H3,(H2,11,12). The molecule has 0 aliphatic carbocycles. The number of benzene rings is 1. The number of hydrogen-bond donors (Lipinski definition) is 1. The zero-order valence-corrected chi connectivity index (χ0v) is 9.51. The van der Waals surface area contributed by atoms with E-state index in [1.165, 1.54) is 13.2 Å². The SMILES string of the molecule is CCn1nc(N)c2c(OC)c([N+](=O)[O-])ccc21. The van der Waals surface area contributed by atoms with Gasteiger partial charge in [0.2, 0.25) is 5.75 Å². The van der Waals surface area contributed by atoms with Crippen LogP contribution in [0.4, 0.5) is 11.5 Å². The molecule has 1 aromatic carbocycles. The van der Waals surface area contributed by atoms with E-state index in [1.54, 1.807) is 10.7 Å². The van der Waals surface area contributed by atoms with Crippen LogP contribution in [0.15, 0.2) is 12.1 Å².